The number of aromatic nitrogens is 2. The predicted molar refractivity (Wildman–Crippen MR) is 173 cm³/mol. The lowest BCUT2D eigenvalue weighted by Crippen LogP contribution is -2.35. The van der Waals surface area contributed by atoms with E-state index < -0.39 is 0 Å². The molecule has 3 aromatic carbocycles. The first-order valence-electron chi connectivity index (χ1n) is 15.0. The number of thiazole rings is 1. The van der Waals surface area contributed by atoms with E-state index in [0.717, 1.165) is 66.2 Å². The van der Waals surface area contributed by atoms with Crippen LogP contribution in [0, 0.1) is 27.7 Å². The molecule has 0 N–H and O–H groups in total. The van der Waals surface area contributed by atoms with Gasteiger partial charge >= 0.3 is 0 Å². The Kier molecular flexibility index (Phi) is 8.91. The zero-order chi connectivity index (χ0) is 30.6. The van der Waals surface area contributed by atoms with Gasteiger partial charge in [-0.15, -0.1) is 11.3 Å². The number of fused-ring (bicyclic) bond motifs is 3. The van der Waals surface area contributed by atoms with Crippen LogP contribution in [0.4, 0.5) is 0 Å². The van der Waals surface area contributed by atoms with Gasteiger partial charge in [0.25, 0.3) is 0 Å². The molecule has 0 saturated heterocycles. The Labute approximate surface area is 262 Å². The number of ether oxygens (including phenoxy) is 2. The van der Waals surface area contributed by atoms with Gasteiger partial charge in [0.15, 0.2) is 0 Å². The van der Waals surface area contributed by atoms with Crippen LogP contribution in [0.2, 0.25) is 0 Å². The highest BCUT2D eigenvalue weighted by molar-refractivity contribution is 7.12. The van der Waals surface area contributed by atoms with Crippen molar-refractivity contribution in [3.05, 3.63) is 110 Å². The maximum Gasteiger partial charge on any atom is 0.228 e. The van der Waals surface area contributed by atoms with Crippen molar-refractivity contribution in [2.24, 2.45) is 0 Å². The minimum absolute atomic E-state index is 0.0637. The summed E-state index contributed by atoms with van der Waals surface area (Å²) in [7, 11) is 0. The lowest BCUT2D eigenvalue weighted by Gasteiger charge is -2.24. The molecule has 6 rings (SSSR count). The number of hydrogen-bond donors (Lipinski definition) is 0. The van der Waals surface area contributed by atoms with Gasteiger partial charge in [0.1, 0.15) is 18.1 Å². The van der Waals surface area contributed by atoms with Gasteiger partial charge in [0.05, 0.1) is 36.0 Å². The largest absolute Gasteiger partial charge is 0.491 e. The fraction of sp³-hybridized carbons (Fsp3) is 0.306. The highest BCUT2D eigenvalue weighted by Crippen LogP contribution is 2.33. The number of amides is 1. The first-order valence-corrected chi connectivity index (χ1v) is 15.8. The van der Waals surface area contributed by atoms with Gasteiger partial charge in [0, 0.05) is 35.5 Å². The van der Waals surface area contributed by atoms with Crippen LogP contribution in [0.15, 0.2) is 71.3 Å². The molecule has 0 unspecified atom stereocenters. The van der Waals surface area contributed by atoms with Gasteiger partial charge < -0.3 is 18.9 Å². The smallest absolute Gasteiger partial charge is 0.228 e. The Morgan fingerprint density at radius 2 is 1.70 bits per heavy atom. The maximum atomic E-state index is 13.8. The summed E-state index contributed by atoms with van der Waals surface area (Å²) in [6.45, 7) is 10.3. The number of nitrogens with zero attached hydrogens (tertiary/aromatic N) is 3. The molecule has 3 heterocycles. The van der Waals surface area contributed by atoms with E-state index in [-0.39, 0.29) is 5.91 Å². The van der Waals surface area contributed by atoms with Crippen molar-refractivity contribution >= 4 is 17.2 Å². The summed E-state index contributed by atoms with van der Waals surface area (Å²) in [5, 5.41) is 5.10. The molecule has 0 spiro atoms. The van der Waals surface area contributed by atoms with Crippen molar-refractivity contribution < 1.29 is 18.8 Å². The number of carbonyl (C=O) groups excluding carboxylic acids is 1. The third kappa shape index (κ3) is 6.77. The molecule has 0 saturated carbocycles. The molecule has 0 atom stereocenters. The maximum absolute atomic E-state index is 13.8. The van der Waals surface area contributed by atoms with E-state index >= 15 is 0 Å². The molecule has 0 fully saturated rings. The number of aryl methyl sites for hydroxylation is 4. The summed E-state index contributed by atoms with van der Waals surface area (Å²) in [5.41, 5.74) is 9.38. The molecule has 5 aromatic rings. The fourth-order valence-electron chi connectivity index (χ4n) is 5.74. The highest BCUT2D eigenvalue weighted by atomic mass is 32.1. The van der Waals surface area contributed by atoms with Gasteiger partial charge in [-0.1, -0.05) is 65.3 Å². The number of rotatable bonds is 4. The Bertz CT molecular complexity index is 1750. The van der Waals surface area contributed by atoms with E-state index in [9.17, 15) is 4.79 Å². The van der Waals surface area contributed by atoms with E-state index in [2.05, 4.69) is 72.7 Å². The molecular weight excluding hydrogens is 570 g/mol. The minimum Gasteiger partial charge on any atom is -0.491 e. The quantitative estimate of drug-likeness (QED) is 0.214. The molecule has 7 nitrogen and oxygen atoms in total. The average molecular weight is 608 g/mol. The molecule has 1 aliphatic heterocycles. The van der Waals surface area contributed by atoms with E-state index in [1.165, 1.54) is 5.56 Å². The second-order valence-corrected chi connectivity index (χ2v) is 12.6. The first-order chi connectivity index (χ1) is 21.3. The summed E-state index contributed by atoms with van der Waals surface area (Å²) in [6.07, 6.45) is 0.991. The van der Waals surface area contributed by atoms with Crippen LogP contribution in [0.5, 0.6) is 5.75 Å². The third-order valence-electron chi connectivity index (χ3n) is 7.93. The standard InChI is InChI=1S/C36H37N3O4S/c1-23-8-10-29(11-9-23)36-33(44-26(4)37-36)21-34(40)39-14-15-41-16-17-42-32-13-12-30(35-24(2)38-43-25(35)3)20-31(32)19-27-6-5-7-28(18-27)22-39/h5-13,18,20H,14-17,19,21-22H2,1-4H3. The van der Waals surface area contributed by atoms with Crippen LogP contribution < -0.4 is 4.74 Å². The summed E-state index contributed by atoms with van der Waals surface area (Å²) >= 11 is 1.59. The zero-order valence-electron chi connectivity index (χ0n) is 25.7. The zero-order valence-corrected chi connectivity index (χ0v) is 26.5. The molecule has 1 aliphatic rings. The Balaban J connectivity index is 1.26. The third-order valence-corrected chi connectivity index (χ3v) is 8.90. The van der Waals surface area contributed by atoms with Crippen molar-refractivity contribution in [3.8, 4) is 28.1 Å². The molecule has 44 heavy (non-hydrogen) atoms. The van der Waals surface area contributed by atoms with Gasteiger partial charge in [-0.05, 0) is 62.1 Å². The topological polar surface area (TPSA) is 77.7 Å². The van der Waals surface area contributed by atoms with Gasteiger partial charge in [0.2, 0.25) is 5.91 Å². The highest BCUT2D eigenvalue weighted by Gasteiger charge is 2.21. The molecule has 0 radical (unpaired) electrons. The summed E-state index contributed by atoms with van der Waals surface area (Å²) in [5.74, 6) is 1.70. The minimum atomic E-state index is 0.0637. The molecule has 2 bridgehead atoms. The number of benzene rings is 3. The van der Waals surface area contributed by atoms with E-state index in [1.807, 2.05) is 31.7 Å². The van der Waals surface area contributed by atoms with Crippen LogP contribution in [-0.4, -0.2) is 47.3 Å². The Morgan fingerprint density at radius 1 is 0.909 bits per heavy atom. The van der Waals surface area contributed by atoms with Gasteiger partial charge in [-0.3, -0.25) is 4.79 Å². The van der Waals surface area contributed by atoms with Crippen LogP contribution in [0.25, 0.3) is 22.4 Å². The van der Waals surface area contributed by atoms with Gasteiger partial charge in [-0.25, -0.2) is 4.98 Å². The fourth-order valence-corrected chi connectivity index (χ4v) is 6.69. The monoisotopic (exact) mass is 607 g/mol. The molecule has 0 aliphatic carbocycles. The number of hydrogen-bond acceptors (Lipinski definition) is 7. The normalized spacial score (nSPS) is 14.0. The van der Waals surface area contributed by atoms with Crippen LogP contribution >= 0.6 is 11.3 Å². The molecule has 8 heteroatoms. The van der Waals surface area contributed by atoms with E-state index in [0.29, 0.717) is 45.8 Å². The predicted octanol–water partition coefficient (Wildman–Crippen LogP) is 7.27. The van der Waals surface area contributed by atoms with Crippen molar-refractivity contribution in [2.45, 2.75) is 47.1 Å². The van der Waals surface area contributed by atoms with Crippen molar-refractivity contribution in [1.82, 2.24) is 15.0 Å². The number of carbonyl (C=O) groups is 1. The SMILES string of the molecule is Cc1ccc(-c2nc(C)sc2CC(=O)N2CCOCCOc3ccc(-c4c(C)noc4C)cc3Cc3cccc(c3)C2)cc1. The lowest BCUT2D eigenvalue weighted by molar-refractivity contribution is -0.131. The summed E-state index contributed by atoms with van der Waals surface area (Å²) in [4.78, 5) is 21.5. The lowest BCUT2D eigenvalue weighted by atomic mass is 9.96. The Morgan fingerprint density at radius 3 is 2.50 bits per heavy atom. The van der Waals surface area contributed by atoms with Crippen molar-refractivity contribution in [3.63, 3.8) is 0 Å². The molecule has 2 aromatic heterocycles. The first kappa shape index (κ1) is 29.8. The molecule has 226 valence electrons. The van der Waals surface area contributed by atoms with Crippen molar-refractivity contribution in [1.29, 1.82) is 0 Å². The summed E-state index contributed by atoms with van der Waals surface area (Å²) < 4.78 is 17.6. The van der Waals surface area contributed by atoms with E-state index in [4.69, 9.17) is 19.0 Å². The van der Waals surface area contributed by atoms with Crippen LogP contribution in [0.1, 0.15) is 43.6 Å². The Hall–Kier alpha value is -4.27. The molecule has 1 amide bonds. The second-order valence-electron chi connectivity index (χ2n) is 11.3. The van der Waals surface area contributed by atoms with Crippen LogP contribution in [-0.2, 0) is 28.9 Å². The van der Waals surface area contributed by atoms with Crippen molar-refractivity contribution in [2.75, 3.05) is 26.4 Å². The van der Waals surface area contributed by atoms with Crippen LogP contribution in [0.3, 0.4) is 0 Å². The average Bonchev–Trinajstić information content (AvgIpc) is 3.54. The van der Waals surface area contributed by atoms with Gasteiger partial charge in [-0.2, -0.15) is 0 Å². The summed E-state index contributed by atoms with van der Waals surface area (Å²) in [6, 6.07) is 23.1. The second kappa shape index (κ2) is 13.2. The van der Waals surface area contributed by atoms with E-state index in [1.54, 1.807) is 11.3 Å². The molecular formula is C36H37N3O4S.